The predicted molar refractivity (Wildman–Crippen MR) is 149 cm³/mol. The summed E-state index contributed by atoms with van der Waals surface area (Å²) < 4.78 is 16.7. The quantitative estimate of drug-likeness (QED) is 0.271. The number of halogens is 1. The second kappa shape index (κ2) is 21.9. The van der Waals surface area contributed by atoms with Crippen molar-refractivity contribution in [1.29, 1.82) is 0 Å². The predicted octanol–water partition coefficient (Wildman–Crippen LogP) is 8.09. The molecule has 0 N–H and O–H groups in total. The van der Waals surface area contributed by atoms with Crippen LogP contribution < -0.4 is 9.47 Å². The lowest BCUT2D eigenvalue weighted by Crippen LogP contribution is -2.15. The Labute approximate surface area is 215 Å². The summed E-state index contributed by atoms with van der Waals surface area (Å²) in [5, 5.41) is 0. The van der Waals surface area contributed by atoms with Crippen LogP contribution in [-0.4, -0.2) is 31.5 Å². The highest BCUT2D eigenvalue weighted by Gasteiger charge is 2.13. The molecule has 2 rings (SSSR count). The van der Waals surface area contributed by atoms with E-state index in [1.165, 1.54) is 17.5 Å². The molecule has 2 aromatic carbocycles. The van der Waals surface area contributed by atoms with Crippen molar-refractivity contribution in [2.45, 2.75) is 54.9 Å². The van der Waals surface area contributed by atoms with Gasteiger partial charge in [0.15, 0.2) is 18.1 Å². The molecule has 0 radical (unpaired) electrons. The third-order valence-corrected chi connectivity index (χ3v) is 4.55. The maximum atomic E-state index is 11.3. The van der Waals surface area contributed by atoms with Crippen molar-refractivity contribution in [2.24, 2.45) is 0 Å². The van der Waals surface area contributed by atoms with Crippen LogP contribution in [0.2, 0.25) is 0 Å². The number of carbonyl (C=O) groups excluding carboxylic acids is 1. The second-order valence-electron chi connectivity index (χ2n) is 6.43. The van der Waals surface area contributed by atoms with Crippen LogP contribution in [0.25, 0.3) is 6.08 Å². The van der Waals surface area contributed by atoms with Crippen LogP contribution in [-0.2, 0) is 9.53 Å². The first-order valence-corrected chi connectivity index (χ1v) is 12.8. The Balaban J connectivity index is 0. The third kappa shape index (κ3) is 16.4. The van der Waals surface area contributed by atoms with E-state index in [0.717, 1.165) is 15.8 Å². The number of esters is 1. The molecule has 0 saturated heterocycles. The van der Waals surface area contributed by atoms with E-state index in [4.69, 9.17) is 14.2 Å². The molecule has 0 unspecified atom stereocenters. The zero-order valence-electron chi connectivity index (χ0n) is 21.2. The van der Waals surface area contributed by atoms with Gasteiger partial charge in [0, 0.05) is 10.0 Å². The molecule has 6 heteroatoms. The standard InChI is InChI=1S/C14H17BrO4.C8H10.C3H8S.C2H6/c1-4-10-7-11(15)8-12(17-5-2)14(10)19-9-13(16)18-6-3;1-7-3-5-8(2)6-4-7;1-2-3-4;1-2/h4,7-8H,1,5-6,9H2,2-3H3;3-6H,1-2H3;4H,2-3H2,1H3;1-2H3. The second-order valence-corrected chi connectivity index (χ2v) is 7.79. The fraction of sp³-hybridized carbons (Fsp3) is 0.444. The van der Waals surface area contributed by atoms with Crippen molar-refractivity contribution in [3.8, 4) is 11.5 Å². The number of ether oxygens (including phenoxy) is 3. The molecule has 2 aromatic rings. The van der Waals surface area contributed by atoms with E-state index in [1.807, 2.05) is 26.8 Å². The fourth-order valence-corrected chi connectivity index (χ4v) is 2.58. The number of thiol groups is 1. The Bertz CT molecular complexity index is 753. The van der Waals surface area contributed by atoms with Crippen LogP contribution in [0.4, 0.5) is 0 Å². The zero-order valence-corrected chi connectivity index (χ0v) is 23.7. The van der Waals surface area contributed by atoms with Gasteiger partial charge in [-0.25, -0.2) is 4.79 Å². The average molecular weight is 542 g/mol. The van der Waals surface area contributed by atoms with E-state index in [2.05, 4.69) is 80.2 Å². The highest BCUT2D eigenvalue weighted by molar-refractivity contribution is 9.10. The van der Waals surface area contributed by atoms with Crippen molar-refractivity contribution in [2.75, 3.05) is 25.6 Å². The van der Waals surface area contributed by atoms with Crippen LogP contribution in [0.1, 0.15) is 57.7 Å². The highest BCUT2D eigenvalue weighted by Crippen LogP contribution is 2.35. The molecule has 0 bridgehead atoms. The minimum absolute atomic E-state index is 0.156. The number of hydrogen-bond donors (Lipinski definition) is 1. The monoisotopic (exact) mass is 540 g/mol. The lowest BCUT2D eigenvalue weighted by Gasteiger charge is -2.14. The largest absolute Gasteiger partial charge is 0.490 e. The van der Waals surface area contributed by atoms with Gasteiger partial charge in [0.05, 0.1) is 13.2 Å². The molecule has 0 fully saturated rings. The molecule has 0 heterocycles. The summed E-state index contributed by atoms with van der Waals surface area (Å²) in [7, 11) is 0. The summed E-state index contributed by atoms with van der Waals surface area (Å²) in [4.78, 5) is 11.3. The maximum absolute atomic E-state index is 11.3. The SMILES string of the molecule is C=Cc1cc(Br)cc(OCC)c1OCC(=O)OCC.CC.CCCS.Cc1ccc(C)cc1. The lowest BCUT2D eigenvalue weighted by molar-refractivity contribution is -0.145. The van der Waals surface area contributed by atoms with Gasteiger partial charge in [-0.05, 0) is 52.0 Å². The van der Waals surface area contributed by atoms with Crippen molar-refractivity contribution in [3.05, 3.63) is 64.1 Å². The van der Waals surface area contributed by atoms with E-state index in [0.29, 0.717) is 24.7 Å². The van der Waals surface area contributed by atoms with Crippen molar-refractivity contribution >= 4 is 40.6 Å². The van der Waals surface area contributed by atoms with Crippen LogP contribution >= 0.6 is 28.6 Å². The van der Waals surface area contributed by atoms with Gasteiger partial charge < -0.3 is 14.2 Å². The van der Waals surface area contributed by atoms with Crippen molar-refractivity contribution in [1.82, 2.24) is 0 Å². The van der Waals surface area contributed by atoms with Crippen LogP contribution in [0, 0.1) is 13.8 Å². The Morgan fingerprint density at radius 2 is 1.52 bits per heavy atom. The highest BCUT2D eigenvalue weighted by atomic mass is 79.9. The van der Waals surface area contributed by atoms with E-state index in [9.17, 15) is 4.79 Å². The molecule has 0 aliphatic carbocycles. The number of rotatable bonds is 8. The van der Waals surface area contributed by atoms with Crippen molar-refractivity contribution in [3.63, 3.8) is 0 Å². The molecule has 0 amide bonds. The van der Waals surface area contributed by atoms with E-state index >= 15 is 0 Å². The molecule has 0 spiro atoms. The Morgan fingerprint density at radius 3 is 1.91 bits per heavy atom. The van der Waals surface area contributed by atoms with Crippen LogP contribution in [0.5, 0.6) is 11.5 Å². The molecule has 0 aliphatic heterocycles. The van der Waals surface area contributed by atoms with Crippen molar-refractivity contribution < 1.29 is 19.0 Å². The molecule has 0 aromatic heterocycles. The Kier molecular flexibility index (Phi) is 22.1. The van der Waals surface area contributed by atoms with Gasteiger partial charge in [0.25, 0.3) is 0 Å². The Hall–Kier alpha value is -1.92. The van der Waals surface area contributed by atoms with Crippen LogP contribution in [0.15, 0.2) is 47.4 Å². The zero-order chi connectivity index (χ0) is 25.6. The fourth-order valence-electron chi connectivity index (χ4n) is 2.13. The summed E-state index contributed by atoms with van der Waals surface area (Å²) in [6, 6.07) is 12.1. The van der Waals surface area contributed by atoms with Gasteiger partial charge in [-0.2, -0.15) is 12.6 Å². The van der Waals surface area contributed by atoms with Gasteiger partial charge >= 0.3 is 5.97 Å². The number of aryl methyl sites for hydroxylation is 2. The van der Waals surface area contributed by atoms with E-state index < -0.39 is 5.97 Å². The summed E-state index contributed by atoms with van der Waals surface area (Å²) in [5.74, 6) is 1.66. The lowest BCUT2D eigenvalue weighted by atomic mass is 10.2. The number of hydrogen-bond acceptors (Lipinski definition) is 5. The molecule has 0 aliphatic rings. The minimum Gasteiger partial charge on any atom is -0.490 e. The summed E-state index contributed by atoms with van der Waals surface area (Å²) in [5.41, 5.74) is 3.41. The summed E-state index contributed by atoms with van der Waals surface area (Å²) in [6.07, 6.45) is 2.83. The third-order valence-electron chi connectivity index (χ3n) is 3.65. The molecule has 186 valence electrons. The van der Waals surface area contributed by atoms with Gasteiger partial charge in [-0.15, -0.1) is 0 Å². The van der Waals surface area contributed by atoms with E-state index in [-0.39, 0.29) is 6.61 Å². The summed E-state index contributed by atoms with van der Waals surface area (Å²) in [6.45, 7) is 18.3. The maximum Gasteiger partial charge on any atom is 0.344 e. The first-order chi connectivity index (χ1) is 15.8. The minimum atomic E-state index is -0.414. The summed E-state index contributed by atoms with van der Waals surface area (Å²) >= 11 is 7.31. The molecule has 0 atom stereocenters. The van der Waals surface area contributed by atoms with Gasteiger partial charge in [0.1, 0.15) is 0 Å². The normalized spacial score (nSPS) is 9.00. The van der Waals surface area contributed by atoms with Gasteiger partial charge in [-0.1, -0.05) is 84.7 Å². The first kappa shape index (κ1) is 33.3. The van der Waals surface area contributed by atoms with Gasteiger partial charge in [-0.3, -0.25) is 0 Å². The molecular weight excluding hydrogens is 500 g/mol. The first-order valence-electron chi connectivity index (χ1n) is 11.3. The smallest absolute Gasteiger partial charge is 0.344 e. The number of benzene rings is 2. The molecule has 33 heavy (non-hydrogen) atoms. The molecule has 4 nitrogen and oxygen atoms in total. The number of carbonyl (C=O) groups is 1. The average Bonchev–Trinajstić information content (AvgIpc) is 2.82. The molecule has 0 saturated carbocycles. The van der Waals surface area contributed by atoms with Crippen LogP contribution in [0.3, 0.4) is 0 Å². The van der Waals surface area contributed by atoms with Gasteiger partial charge in [0.2, 0.25) is 0 Å². The topological polar surface area (TPSA) is 44.8 Å². The Morgan fingerprint density at radius 1 is 1.00 bits per heavy atom. The molecular formula is C27H41BrO4S. The van der Waals surface area contributed by atoms with E-state index in [1.54, 1.807) is 19.1 Å².